The molecule has 0 aliphatic rings. The van der Waals surface area contributed by atoms with Gasteiger partial charge in [-0.2, -0.15) is 0 Å². The van der Waals surface area contributed by atoms with Crippen molar-refractivity contribution in [3.8, 4) is 0 Å². The van der Waals surface area contributed by atoms with Gasteiger partial charge in [-0.05, 0) is 83.6 Å². The van der Waals surface area contributed by atoms with E-state index < -0.39 is 23.9 Å². The van der Waals surface area contributed by atoms with Crippen LogP contribution in [-0.4, -0.2) is 68.6 Å². The summed E-state index contributed by atoms with van der Waals surface area (Å²) in [5.41, 5.74) is 11.3. The molecule has 0 aromatic heterocycles. The Hall–Kier alpha value is -3.05. The average molecular weight is 890 g/mol. The number of ether oxygens (including phenoxy) is 3. The van der Waals surface area contributed by atoms with Crippen molar-refractivity contribution in [2.75, 3.05) is 32.9 Å². The lowest BCUT2D eigenvalue weighted by Crippen LogP contribution is -2.41. The molecule has 2 atom stereocenters. The number of rotatable bonds is 47. The first kappa shape index (κ1) is 60.0. The zero-order valence-corrected chi connectivity index (χ0v) is 40.5. The monoisotopic (exact) mass is 890 g/mol. The molecule has 11 heteroatoms. The van der Waals surface area contributed by atoms with Crippen molar-refractivity contribution in [1.82, 2.24) is 5.32 Å². The summed E-state index contributed by atoms with van der Waals surface area (Å²) in [7, 11) is 0. The maximum absolute atomic E-state index is 13.0. The summed E-state index contributed by atoms with van der Waals surface area (Å²) in [5, 5.41) is 2.64. The van der Waals surface area contributed by atoms with Crippen LogP contribution in [0.25, 0.3) is 0 Å². The first-order valence-electron chi connectivity index (χ1n) is 25.7. The third kappa shape index (κ3) is 44.0. The summed E-state index contributed by atoms with van der Waals surface area (Å²) in [6, 6.07) is -0.645. The predicted octanol–water partition coefficient (Wildman–Crippen LogP) is 11.6. The molecule has 0 spiro atoms. The van der Waals surface area contributed by atoms with Crippen LogP contribution in [0.2, 0.25) is 0 Å². The lowest BCUT2D eigenvalue weighted by molar-refractivity contribution is -0.153. The Bertz CT molecular complexity index is 1180. The fraction of sp³-hybridized carbons (Fsp3) is 0.827. The van der Waals surface area contributed by atoms with E-state index in [2.05, 4.69) is 43.5 Å². The number of unbranched alkanes of at least 4 members (excludes halogenated alkanes) is 23. The van der Waals surface area contributed by atoms with Crippen molar-refractivity contribution in [3.05, 3.63) is 24.3 Å². The van der Waals surface area contributed by atoms with Crippen LogP contribution < -0.4 is 16.8 Å². The van der Waals surface area contributed by atoms with Crippen molar-refractivity contribution in [2.45, 2.75) is 238 Å². The number of ketones is 1. The molecule has 63 heavy (non-hydrogen) atoms. The lowest BCUT2D eigenvalue weighted by atomic mass is 10.00. The van der Waals surface area contributed by atoms with Crippen LogP contribution in [0.4, 0.5) is 0 Å². The van der Waals surface area contributed by atoms with Crippen molar-refractivity contribution in [1.29, 1.82) is 0 Å². The number of hydrogen-bond acceptors (Lipinski definition) is 10. The van der Waals surface area contributed by atoms with E-state index in [1.807, 2.05) is 0 Å². The topological polar surface area (TPSA) is 177 Å². The molecule has 0 fully saturated rings. The fourth-order valence-electron chi connectivity index (χ4n) is 7.28. The summed E-state index contributed by atoms with van der Waals surface area (Å²) in [4.78, 5) is 62.5. The number of carbonyl (C=O) groups excluding carboxylic acids is 5. The summed E-state index contributed by atoms with van der Waals surface area (Å²) < 4.78 is 16.2. The Kier molecular flexibility index (Phi) is 44.7. The minimum absolute atomic E-state index is 0.000257. The van der Waals surface area contributed by atoms with Gasteiger partial charge in [-0.15, -0.1) is 0 Å². The second-order valence-corrected chi connectivity index (χ2v) is 17.5. The SMILES string of the molecule is CCCCCCCC/C=C\CCCCCCCC(=O)C[C@@H](COC(=O)CCCCCCC/C=C\CCCCCCCC)COC(=O)CCC(=O)OCCNC(=O)C(N)CCCCN. The molecule has 0 radical (unpaired) electrons. The molecule has 5 N–H and O–H groups in total. The molecule has 0 aliphatic carbocycles. The Balaban J connectivity index is 4.56. The second-order valence-electron chi connectivity index (χ2n) is 17.5. The highest BCUT2D eigenvalue weighted by Crippen LogP contribution is 2.16. The Morgan fingerprint density at radius 2 is 0.905 bits per heavy atom. The molecule has 11 nitrogen and oxygen atoms in total. The third-order valence-corrected chi connectivity index (χ3v) is 11.3. The van der Waals surface area contributed by atoms with Gasteiger partial charge in [-0.1, -0.05) is 147 Å². The Labute approximate surface area is 384 Å². The van der Waals surface area contributed by atoms with E-state index in [1.165, 1.54) is 89.9 Å². The highest BCUT2D eigenvalue weighted by molar-refractivity contribution is 5.81. The van der Waals surface area contributed by atoms with Crippen molar-refractivity contribution in [2.24, 2.45) is 17.4 Å². The van der Waals surface area contributed by atoms with Crippen LogP contribution in [0.3, 0.4) is 0 Å². The number of hydrogen-bond donors (Lipinski definition) is 3. The largest absolute Gasteiger partial charge is 0.465 e. The second kappa shape index (κ2) is 46.9. The van der Waals surface area contributed by atoms with E-state index in [-0.39, 0.29) is 63.3 Å². The van der Waals surface area contributed by atoms with Gasteiger partial charge in [0.2, 0.25) is 5.91 Å². The van der Waals surface area contributed by atoms with Crippen molar-refractivity contribution in [3.63, 3.8) is 0 Å². The van der Waals surface area contributed by atoms with E-state index in [0.717, 1.165) is 89.9 Å². The number of Topliss-reactive ketones (excluding diaryl/α,β-unsaturated/α-hetero) is 1. The number of nitrogens with two attached hydrogens (primary N) is 2. The molecular weight excluding hydrogens is 795 g/mol. The molecule has 366 valence electrons. The van der Waals surface area contributed by atoms with Crippen LogP contribution in [0.15, 0.2) is 24.3 Å². The number of allylic oxidation sites excluding steroid dienone is 4. The molecule has 0 heterocycles. The summed E-state index contributed by atoms with van der Waals surface area (Å²) in [6.07, 6.45) is 42.7. The van der Waals surface area contributed by atoms with Crippen molar-refractivity contribution >= 4 is 29.6 Å². The number of nitrogens with one attached hydrogen (secondary N) is 1. The van der Waals surface area contributed by atoms with Crippen LogP contribution in [0, 0.1) is 5.92 Å². The highest BCUT2D eigenvalue weighted by atomic mass is 16.5. The predicted molar refractivity (Wildman–Crippen MR) is 258 cm³/mol. The van der Waals surface area contributed by atoms with Gasteiger partial charge >= 0.3 is 17.9 Å². The summed E-state index contributed by atoms with van der Waals surface area (Å²) >= 11 is 0. The quantitative estimate of drug-likeness (QED) is 0.0231. The van der Waals surface area contributed by atoms with Gasteiger partial charge in [0.15, 0.2) is 0 Å². The highest BCUT2D eigenvalue weighted by Gasteiger charge is 2.20. The van der Waals surface area contributed by atoms with Gasteiger partial charge < -0.3 is 31.0 Å². The molecule has 0 bridgehead atoms. The van der Waals surface area contributed by atoms with Gasteiger partial charge in [0.25, 0.3) is 0 Å². The van der Waals surface area contributed by atoms with Crippen LogP contribution >= 0.6 is 0 Å². The van der Waals surface area contributed by atoms with Crippen molar-refractivity contribution < 1.29 is 38.2 Å². The molecular formula is C52H95N3O8. The summed E-state index contributed by atoms with van der Waals surface area (Å²) in [5.74, 6) is -2.21. The lowest BCUT2D eigenvalue weighted by Gasteiger charge is -2.17. The van der Waals surface area contributed by atoms with Crippen LogP contribution in [0.5, 0.6) is 0 Å². The Morgan fingerprint density at radius 3 is 1.38 bits per heavy atom. The minimum Gasteiger partial charge on any atom is -0.465 e. The number of carbonyl (C=O) groups is 5. The maximum Gasteiger partial charge on any atom is 0.306 e. The molecule has 0 saturated heterocycles. The van der Waals surface area contributed by atoms with E-state index in [1.54, 1.807) is 0 Å². The first-order chi connectivity index (χ1) is 30.7. The molecule has 0 aromatic carbocycles. The third-order valence-electron chi connectivity index (χ3n) is 11.3. The minimum atomic E-state index is -0.645. The van der Waals surface area contributed by atoms with Gasteiger partial charge in [-0.3, -0.25) is 24.0 Å². The number of esters is 3. The molecule has 1 amide bonds. The van der Waals surface area contributed by atoms with Gasteiger partial charge in [0.05, 0.1) is 38.6 Å². The van der Waals surface area contributed by atoms with Gasteiger partial charge in [-0.25, -0.2) is 0 Å². The standard InChI is InChI=1S/C52H95N3O8/c1-3-5-7-9-11-13-15-17-19-21-23-25-27-29-31-35-47(56)43-46(44-62-49(57)37-32-30-28-26-24-22-20-18-16-14-12-10-8-6-4-2)45-63-51(59)39-38-50(58)61-42-41-55-52(60)48(54)36-33-34-40-53/h17-20,46,48H,3-16,21-45,53-54H2,1-2H3,(H,55,60)/b19-17-,20-18-/t46-,48?/m0/s1. The molecule has 0 saturated carbocycles. The van der Waals surface area contributed by atoms with Gasteiger partial charge in [0.1, 0.15) is 12.4 Å². The zero-order valence-electron chi connectivity index (χ0n) is 40.5. The Morgan fingerprint density at radius 1 is 0.492 bits per heavy atom. The van der Waals surface area contributed by atoms with E-state index in [4.69, 9.17) is 25.7 Å². The van der Waals surface area contributed by atoms with E-state index in [9.17, 15) is 24.0 Å². The number of amides is 1. The first-order valence-corrected chi connectivity index (χ1v) is 25.7. The maximum atomic E-state index is 13.0. The van der Waals surface area contributed by atoms with Gasteiger partial charge in [0, 0.05) is 25.2 Å². The fourth-order valence-corrected chi connectivity index (χ4v) is 7.28. The normalized spacial score (nSPS) is 12.4. The molecule has 0 aliphatic heterocycles. The molecule has 0 aromatic rings. The van der Waals surface area contributed by atoms with Crippen LogP contribution in [0.1, 0.15) is 232 Å². The average Bonchev–Trinajstić information content (AvgIpc) is 3.27. The zero-order chi connectivity index (χ0) is 46.3. The van der Waals surface area contributed by atoms with E-state index in [0.29, 0.717) is 25.8 Å². The summed E-state index contributed by atoms with van der Waals surface area (Å²) in [6.45, 7) is 5.03. The van der Waals surface area contributed by atoms with E-state index >= 15 is 0 Å². The van der Waals surface area contributed by atoms with Crippen LogP contribution in [-0.2, 0) is 38.2 Å². The smallest absolute Gasteiger partial charge is 0.306 e. The molecule has 1 unspecified atom stereocenters. The molecule has 0 rings (SSSR count).